The summed E-state index contributed by atoms with van der Waals surface area (Å²) in [5.41, 5.74) is 2.14. The highest BCUT2D eigenvalue weighted by atomic mass is 32.1. The maximum absolute atomic E-state index is 13.3. The lowest BCUT2D eigenvalue weighted by atomic mass is 10.1. The predicted octanol–water partition coefficient (Wildman–Crippen LogP) is 5.28. The average molecular weight is 505 g/mol. The molecule has 0 fully saturated rings. The summed E-state index contributed by atoms with van der Waals surface area (Å²) in [5.74, 6) is -0.928. The second kappa shape index (κ2) is 10.6. The number of amides is 1. The standard InChI is InChI=1S/C27H24N2O6S/c1-5-14-33-26(32)24-16(3)28-27(36-24)29-25(31)17(4)34-23-21(30)19-8-6-7-9-20(19)35-22(23)18-12-10-15(2)11-13-18/h5-13,17H,1,14H2,2-4H3,(H,28,29,31). The van der Waals surface area contributed by atoms with Gasteiger partial charge >= 0.3 is 5.97 Å². The van der Waals surface area contributed by atoms with Gasteiger partial charge in [-0.1, -0.05) is 66.0 Å². The summed E-state index contributed by atoms with van der Waals surface area (Å²) in [7, 11) is 0. The molecule has 0 aliphatic rings. The van der Waals surface area contributed by atoms with Crippen molar-refractivity contribution < 1.29 is 23.5 Å². The topological polar surface area (TPSA) is 108 Å². The van der Waals surface area contributed by atoms with Crippen LogP contribution in [0.25, 0.3) is 22.3 Å². The fraction of sp³-hybridized carbons (Fsp3) is 0.185. The monoisotopic (exact) mass is 504 g/mol. The molecule has 4 aromatic rings. The summed E-state index contributed by atoms with van der Waals surface area (Å²) in [5, 5.41) is 3.19. The minimum Gasteiger partial charge on any atom is -0.473 e. The van der Waals surface area contributed by atoms with Crippen molar-refractivity contribution in [3.05, 3.63) is 87.5 Å². The van der Waals surface area contributed by atoms with Crippen LogP contribution in [-0.2, 0) is 9.53 Å². The van der Waals surface area contributed by atoms with Gasteiger partial charge in [0.05, 0.1) is 11.1 Å². The van der Waals surface area contributed by atoms with Gasteiger partial charge < -0.3 is 13.9 Å². The van der Waals surface area contributed by atoms with E-state index in [1.807, 2.05) is 31.2 Å². The van der Waals surface area contributed by atoms with Crippen molar-refractivity contribution >= 4 is 39.3 Å². The molecule has 2 heterocycles. The Morgan fingerprint density at radius 3 is 2.61 bits per heavy atom. The van der Waals surface area contributed by atoms with Gasteiger partial charge in [0.15, 0.2) is 17.0 Å². The van der Waals surface area contributed by atoms with E-state index in [9.17, 15) is 14.4 Å². The minimum atomic E-state index is -1.07. The summed E-state index contributed by atoms with van der Waals surface area (Å²) in [6.45, 7) is 8.69. The maximum Gasteiger partial charge on any atom is 0.350 e. The number of aryl methyl sites for hydroxylation is 2. The van der Waals surface area contributed by atoms with Gasteiger partial charge in [0.2, 0.25) is 11.2 Å². The molecule has 0 bridgehead atoms. The zero-order valence-corrected chi connectivity index (χ0v) is 20.8. The van der Waals surface area contributed by atoms with Crippen LogP contribution in [-0.4, -0.2) is 29.6 Å². The summed E-state index contributed by atoms with van der Waals surface area (Å²) in [6, 6.07) is 14.3. The second-order valence-electron chi connectivity index (χ2n) is 8.02. The maximum atomic E-state index is 13.3. The van der Waals surface area contributed by atoms with Gasteiger partial charge in [0.1, 0.15) is 17.1 Å². The molecular weight excluding hydrogens is 480 g/mol. The molecule has 2 aromatic carbocycles. The Balaban J connectivity index is 1.61. The van der Waals surface area contributed by atoms with Gasteiger partial charge in [0.25, 0.3) is 5.91 Å². The minimum absolute atomic E-state index is 0.0655. The molecule has 2 aromatic heterocycles. The lowest BCUT2D eigenvalue weighted by Crippen LogP contribution is -2.31. The van der Waals surface area contributed by atoms with Gasteiger partial charge in [-0.15, -0.1) is 0 Å². The van der Waals surface area contributed by atoms with Crippen molar-refractivity contribution in [2.75, 3.05) is 11.9 Å². The number of carbonyl (C=O) groups excluding carboxylic acids is 2. The molecule has 36 heavy (non-hydrogen) atoms. The molecule has 1 amide bonds. The highest BCUT2D eigenvalue weighted by Gasteiger charge is 2.25. The van der Waals surface area contributed by atoms with Gasteiger partial charge in [0, 0.05) is 5.56 Å². The molecule has 0 radical (unpaired) electrons. The number of benzene rings is 2. The fourth-order valence-corrected chi connectivity index (χ4v) is 4.27. The van der Waals surface area contributed by atoms with E-state index in [4.69, 9.17) is 13.9 Å². The Hall–Kier alpha value is -4.24. The molecule has 4 rings (SSSR count). The van der Waals surface area contributed by atoms with E-state index in [0.717, 1.165) is 16.9 Å². The molecular formula is C27H24N2O6S. The Morgan fingerprint density at radius 2 is 1.89 bits per heavy atom. The molecule has 8 nitrogen and oxygen atoms in total. The van der Waals surface area contributed by atoms with Crippen molar-refractivity contribution in [3.63, 3.8) is 0 Å². The number of nitrogens with zero attached hydrogens (tertiary/aromatic N) is 1. The van der Waals surface area contributed by atoms with Crippen molar-refractivity contribution in [2.45, 2.75) is 26.9 Å². The highest BCUT2D eigenvalue weighted by Crippen LogP contribution is 2.32. The number of carbonyl (C=O) groups is 2. The van der Waals surface area contributed by atoms with Crippen LogP contribution < -0.4 is 15.5 Å². The van der Waals surface area contributed by atoms with E-state index in [0.29, 0.717) is 22.2 Å². The van der Waals surface area contributed by atoms with Crippen LogP contribution in [0.3, 0.4) is 0 Å². The predicted molar refractivity (Wildman–Crippen MR) is 139 cm³/mol. The van der Waals surface area contributed by atoms with Gasteiger partial charge in [-0.05, 0) is 32.9 Å². The number of anilines is 1. The Bertz CT molecular complexity index is 1500. The number of thiazole rings is 1. The quantitative estimate of drug-likeness (QED) is 0.257. The van der Waals surface area contributed by atoms with Crippen molar-refractivity contribution in [2.24, 2.45) is 0 Å². The SMILES string of the molecule is C=CCOC(=O)c1sc(NC(=O)C(C)Oc2c(-c3ccc(C)cc3)oc3ccccc3c2=O)nc1C. The summed E-state index contributed by atoms with van der Waals surface area (Å²) in [6.07, 6.45) is 0.392. The van der Waals surface area contributed by atoms with Crippen LogP contribution >= 0.6 is 11.3 Å². The first-order valence-electron chi connectivity index (χ1n) is 11.1. The van der Waals surface area contributed by atoms with Gasteiger partial charge in [-0.2, -0.15) is 0 Å². The first kappa shape index (κ1) is 24.9. The summed E-state index contributed by atoms with van der Waals surface area (Å²) >= 11 is 0.989. The lowest BCUT2D eigenvalue weighted by Gasteiger charge is -2.16. The van der Waals surface area contributed by atoms with Crippen LogP contribution in [0.2, 0.25) is 0 Å². The van der Waals surface area contributed by atoms with Crippen LogP contribution in [0.5, 0.6) is 5.75 Å². The molecule has 0 saturated carbocycles. The number of aromatic nitrogens is 1. The number of ether oxygens (including phenoxy) is 2. The van der Waals surface area contributed by atoms with Crippen LogP contribution in [0.4, 0.5) is 5.13 Å². The molecule has 0 spiro atoms. The van der Waals surface area contributed by atoms with E-state index < -0.39 is 18.0 Å². The summed E-state index contributed by atoms with van der Waals surface area (Å²) < 4.78 is 17.0. The smallest absolute Gasteiger partial charge is 0.350 e. The van der Waals surface area contributed by atoms with Crippen LogP contribution in [0.15, 0.2) is 70.4 Å². The number of para-hydroxylation sites is 1. The third kappa shape index (κ3) is 5.21. The first-order valence-corrected chi connectivity index (χ1v) is 12.0. The highest BCUT2D eigenvalue weighted by molar-refractivity contribution is 7.17. The van der Waals surface area contributed by atoms with Gasteiger partial charge in [-0.25, -0.2) is 9.78 Å². The molecule has 1 N–H and O–H groups in total. The first-order chi connectivity index (χ1) is 17.3. The molecule has 1 atom stereocenters. The zero-order chi connectivity index (χ0) is 25.8. The van der Waals surface area contributed by atoms with Gasteiger partial charge in [-0.3, -0.25) is 14.9 Å². The van der Waals surface area contributed by atoms with Crippen molar-refractivity contribution in [1.29, 1.82) is 0 Å². The molecule has 0 aliphatic heterocycles. The van der Waals surface area contributed by atoms with E-state index in [2.05, 4.69) is 16.9 Å². The number of esters is 1. The van der Waals surface area contributed by atoms with E-state index in [1.165, 1.54) is 13.0 Å². The number of rotatable bonds is 8. The Labute approximate surface area is 211 Å². The lowest BCUT2D eigenvalue weighted by molar-refractivity contribution is -0.122. The number of fused-ring (bicyclic) bond motifs is 1. The fourth-order valence-electron chi connectivity index (χ4n) is 3.40. The van der Waals surface area contributed by atoms with Crippen molar-refractivity contribution in [1.82, 2.24) is 4.98 Å². The Kier molecular flexibility index (Phi) is 7.30. The normalized spacial score (nSPS) is 11.6. The summed E-state index contributed by atoms with van der Waals surface area (Å²) in [4.78, 5) is 42.9. The second-order valence-corrected chi connectivity index (χ2v) is 9.02. The average Bonchev–Trinajstić information content (AvgIpc) is 3.24. The number of hydrogen-bond acceptors (Lipinski definition) is 8. The van der Waals surface area contributed by atoms with Crippen LogP contribution in [0.1, 0.15) is 27.9 Å². The molecule has 184 valence electrons. The number of hydrogen-bond donors (Lipinski definition) is 1. The molecule has 0 saturated heterocycles. The molecule has 0 aliphatic carbocycles. The molecule has 1 unspecified atom stereocenters. The third-order valence-corrected chi connectivity index (χ3v) is 6.33. The number of nitrogens with one attached hydrogen (secondary N) is 1. The third-order valence-electron chi connectivity index (χ3n) is 5.28. The van der Waals surface area contributed by atoms with E-state index in [-0.39, 0.29) is 33.6 Å². The van der Waals surface area contributed by atoms with Crippen molar-refractivity contribution in [3.8, 4) is 17.1 Å². The zero-order valence-electron chi connectivity index (χ0n) is 20.0. The Morgan fingerprint density at radius 1 is 1.17 bits per heavy atom. The van der Waals surface area contributed by atoms with E-state index >= 15 is 0 Å². The largest absolute Gasteiger partial charge is 0.473 e. The molecule has 9 heteroatoms. The van der Waals surface area contributed by atoms with Crippen LogP contribution in [0, 0.1) is 13.8 Å². The van der Waals surface area contributed by atoms with E-state index in [1.54, 1.807) is 31.2 Å².